The Morgan fingerprint density at radius 1 is 1.03 bits per heavy atom. The predicted molar refractivity (Wildman–Crippen MR) is 121 cm³/mol. The van der Waals surface area contributed by atoms with Crippen LogP contribution in [-0.4, -0.2) is 21.4 Å². The van der Waals surface area contributed by atoms with E-state index in [4.69, 9.17) is 0 Å². The van der Waals surface area contributed by atoms with Gasteiger partial charge in [-0.2, -0.15) is 0 Å². The van der Waals surface area contributed by atoms with E-state index >= 15 is 0 Å². The van der Waals surface area contributed by atoms with E-state index in [-0.39, 0.29) is 17.5 Å². The number of fused-ring (bicyclic) bond motifs is 3. The molecule has 2 aromatic heterocycles. The second-order valence-corrected chi connectivity index (χ2v) is 8.48. The number of benzene rings is 2. The highest BCUT2D eigenvalue weighted by Gasteiger charge is 2.23. The van der Waals surface area contributed by atoms with Crippen LogP contribution in [0.1, 0.15) is 36.0 Å². The molecule has 0 N–H and O–H groups in total. The van der Waals surface area contributed by atoms with Crippen LogP contribution < -0.4 is 5.56 Å². The number of thiophene rings is 1. The molecule has 4 aromatic rings. The lowest BCUT2D eigenvalue weighted by atomic mass is 10.1. The molecule has 0 unspecified atom stereocenters. The number of pyridine rings is 1. The van der Waals surface area contributed by atoms with Crippen molar-refractivity contribution in [2.24, 2.45) is 0 Å². The summed E-state index contributed by atoms with van der Waals surface area (Å²) in [6.07, 6.45) is 0. The summed E-state index contributed by atoms with van der Waals surface area (Å²) in [4.78, 5) is 28.9. The number of carbonyl (C=O) groups excluding carboxylic acids is 1. The molecular weight excluding hydrogens is 380 g/mol. The van der Waals surface area contributed by atoms with E-state index in [2.05, 4.69) is 0 Å². The van der Waals surface area contributed by atoms with Crippen LogP contribution in [0.25, 0.3) is 21.0 Å². The quantitative estimate of drug-likeness (QED) is 0.454. The summed E-state index contributed by atoms with van der Waals surface area (Å²) in [6.45, 7) is 7.16. The van der Waals surface area contributed by atoms with Crippen LogP contribution in [0.3, 0.4) is 0 Å². The van der Waals surface area contributed by atoms with Crippen LogP contribution in [0.15, 0.2) is 65.5 Å². The molecule has 4 nitrogen and oxygen atoms in total. The highest BCUT2D eigenvalue weighted by molar-refractivity contribution is 7.21. The van der Waals surface area contributed by atoms with Crippen molar-refractivity contribution in [3.8, 4) is 0 Å². The van der Waals surface area contributed by atoms with Crippen LogP contribution in [-0.2, 0) is 13.1 Å². The normalized spacial score (nSPS) is 11.4. The SMILES string of the molecule is CCn1c(=O)c2cc(C(=O)N(Cc3ccccc3)C(C)C)sc2c2ccccc21. The maximum Gasteiger partial charge on any atom is 0.264 e. The van der Waals surface area contributed by atoms with Crippen LogP contribution in [0.2, 0.25) is 0 Å². The Labute approximate surface area is 174 Å². The third-order valence-electron chi connectivity index (χ3n) is 5.25. The predicted octanol–water partition coefficient (Wildman–Crippen LogP) is 5.29. The zero-order valence-corrected chi connectivity index (χ0v) is 17.7. The van der Waals surface area contributed by atoms with Gasteiger partial charge in [-0.15, -0.1) is 11.3 Å². The van der Waals surface area contributed by atoms with Gasteiger partial charge in [-0.05, 0) is 38.5 Å². The van der Waals surface area contributed by atoms with Gasteiger partial charge in [-0.3, -0.25) is 9.59 Å². The molecule has 0 radical (unpaired) electrons. The van der Waals surface area contributed by atoms with Gasteiger partial charge in [0.05, 0.1) is 15.8 Å². The Morgan fingerprint density at radius 3 is 2.41 bits per heavy atom. The van der Waals surface area contributed by atoms with E-state index < -0.39 is 0 Å². The molecule has 0 atom stereocenters. The summed E-state index contributed by atoms with van der Waals surface area (Å²) in [5.74, 6) is -0.0309. The van der Waals surface area contributed by atoms with Crippen LogP contribution >= 0.6 is 11.3 Å². The van der Waals surface area contributed by atoms with Crippen molar-refractivity contribution >= 4 is 38.2 Å². The number of aromatic nitrogens is 1. The van der Waals surface area contributed by atoms with Gasteiger partial charge < -0.3 is 9.47 Å². The van der Waals surface area contributed by atoms with Crippen molar-refractivity contribution < 1.29 is 4.79 Å². The minimum Gasteiger partial charge on any atom is -0.331 e. The first kappa shape index (κ1) is 19.4. The van der Waals surface area contributed by atoms with Crippen LogP contribution in [0.5, 0.6) is 0 Å². The summed E-state index contributed by atoms with van der Waals surface area (Å²) in [7, 11) is 0. The first-order chi connectivity index (χ1) is 14.0. The number of carbonyl (C=O) groups is 1. The van der Waals surface area contributed by atoms with Crippen molar-refractivity contribution in [1.82, 2.24) is 9.47 Å². The van der Waals surface area contributed by atoms with Gasteiger partial charge in [0.25, 0.3) is 11.5 Å². The van der Waals surface area contributed by atoms with Gasteiger partial charge in [0, 0.05) is 29.2 Å². The molecule has 1 amide bonds. The molecule has 0 bridgehead atoms. The fraction of sp³-hybridized carbons (Fsp3) is 0.250. The highest BCUT2D eigenvalue weighted by atomic mass is 32.1. The molecule has 0 saturated heterocycles. The molecule has 29 heavy (non-hydrogen) atoms. The lowest BCUT2D eigenvalue weighted by Crippen LogP contribution is -2.35. The van der Waals surface area contributed by atoms with Crippen LogP contribution in [0.4, 0.5) is 0 Å². The molecule has 2 heterocycles. The Bertz CT molecular complexity index is 1240. The Morgan fingerprint density at radius 2 is 1.72 bits per heavy atom. The highest BCUT2D eigenvalue weighted by Crippen LogP contribution is 2.31. The molecule has 0 saturated carbocycles. The maximum absolute atomic E-state index is 13.4. The van der Waals surface area contributed by atoms with Crippen molar-refractivity contribution in [3.63, 3.8) is 0 Å². The lowest BCUT2D eigenvalue weighted by Gasteiger charge is -2.26. The minimum absolute atomic E-state index is 0.0309. The maximum atomic E-state index is 13.4. The summed E-state index contributed by atoms with van der Waals surface area (Å²) < 4.78 is 2.67. The first-order valence-corrected chi connectivity index (χ1v) is 10.7. The van der Waals surface area contributed by atoms with E-state index in [1.54, 1.807) is 10.6 Å². The summed E-state index contributed by atoms with van der Waals surface area (Å²) >= 11 is 1.42. The van der Waals surface area contributed by atoms with Gasteiger partial charge in [-0.25, -0.2) is 0 Å². The second kappa shape index (κ2) is 7.84. The van der Waals surface area contributed by atoms with Crippen LogP contribution in [0, 0.1) is 0 Å². The van der Waals surface area contributed by atoms with Gasteiger partial charge in [0.2, 0.25) is 0 Å². The zero-order chi connectivity index (χ0) is 20.5. The summed E-state index contributed by atoms with van der Waals surface area (Å²) in [5, 5.41) is 1.65. The van der Waals surface area contributed by atoms with E-state index in [0.29, 0.717) is 23.4 Å². The standard InChI is InChI=1S/C24H24N2O2S/c1-4-25-20-13-9-8-12-18(20)22-19(23(25)27)14-21(29-22)24(28)26(16(2)3)15-17-10-6-5-7-11-17/h5-14,16H,4,15H2,1-3H3. The van der Waals surface area contributed by atoms with E-state index in [0.717, 1.165) is 21.2 Å². The van der Waals surface area contributed by atoms with Gasteiger partial charge in [-0.1, -0.05) is 48.5 Å². The molecule has 2 aromatic carbocycles. The molecular formula is C24H24N2O2S. The fourth-order valence-electron chi connectivity index (χ4n) is 3.74. The molecule has 148 valence electrons. The summed E-state index contributed by atoms with van der Waals surface area (Å²) in [6, 6.07) is 19.7. The largest absolute Gasteiger partial charge is 0.331 e. The smallest absolute Gasteiger partial charge is 0.264 e. The Hall–Kier alpha value is -2.92. The van der Waals surface area contributed by atoms with Crippen molar-refractivity contribution in [2.75, 3.05) is 0 Å². The number of aryl methyl sites for hydroxylation is 1. The molecule has 5 heteroatoms. The van der Waals surface area contributed by atoms with Crippen molar-refractivity contribution in [1.29, 1.82) is 0 Å². The number of nitrogens with zero attached hydrogens (tertiary/aromatic N) is 2. The molecule has 0 fully saturated rings. The first-order valence-electron chi connectivity index (χ1n) is 9.91. The molecule has 0 aliphatic carbocycles. The van der Waals surface area contributed by atoms with Gasteiger partial charge in [0.15, 0.2) is 0 Å². The number of amides is 1. The van der Waals surface area contributed by atoms with E-state index in [1.807, 2.05) is 80.3 Å². The topological polar surface area (TPSA) is 42.3 Å². The number of hydrogen-bond acceptors (Lipinski definition) is 3. The zero-order valence-electron chi connectivity index (χ0n) is 16.9. The lowest BCUT2D eigenvalue weighted by molar-refractivity contribution is 0.0695. The van der Waals surface area contributed by atoms with E-state index in [9.17, 15) is 9.59 Å². The number of para-hydroxylation sites is 1. The molecule has 0 spiro atoms. The Balaban J connectivity index is 1.83. The Kier molecular flexibility index (Phi) is 5.24. The monoisotopic (exact) mass is 404 g/mol. The molecule has 0 aliphatic heterocycles. The average molecular weight is 405 g/mol. The fourth-order valence-corrected chi connectivity index (χ4v) is 4.88. The summed E-state index contributed by atoms with van der Waals surface area (Å²) in [5.41, 5.74) is 1.98. The van der Waals surface area contributed by atoms with Gasteiger partial charge >= 0.3 is 0 Å². The number of rotatable bonds is 5. The third kappa shape index (κ3) is 3.47. The van der Waals surface area contributed by atoms with Gasteiger partial charge in [0.1, 0.15) is 0 Å². The second-order valence-electron chi connectivity index (χ2n) is 7.43. The molecule has 4 rings (SSSR count). The molecule has 0 aliphatic rings. The number of hydrogen-bond donors (Lipinski definition) is 0. The minimum atomic E-state index is -0.0318. The third-order valence-corrected chi connectivity index (χ3v) is 6.41. The average Bonchev–Trinajstić information content (AvgIpc) is 3.19. The van der Waals surface area contributed by atoms with E-state index in [1.165, 1.54) is 11.3 Å². The van der Waals surface area contributed by atoms with Crippen molar-refractivity contribution in [2.45, 2.75) is 39.9 Å². The van der Waals surface area contributed by atoms with Crippen molar-refractivity contribution in [3.05, 3.63) is 81.5 Å².